The molecule has 0 spiro atoms. The molecule has 1 unspecified atom stereocenters. The van der Waals surface area contributed by atoms with Crippen molar-refractivity contribution in [2.24, 2.45) is 0 Å². The van der Waals surface area contributed by atoms with E-state index < -0.39 is 12.1 Å². The minimum Gasteiger partial charge on any atom is -0.462 e. The molecule has 0 aromatic carbocycles. The molecule has 0 rings (SSSR count). The van der Waals surface area contributed by atoms with Gasteiger partial charge in [0, 0.05) is 12.8 Å². The normalized spacial score (nSPS) is 12.5. The molecule has 6 heteroatoms. The zero-order chi connectivity index (χ0) is 57.1. The van der Waals surface area contributed by atoms with E-state index in [0.717, 1.165) is 83.5 Å². The van der Waals surface area contributed by atoms with Gasteiger partial charge in [0.25, 0.3) is 0 Å². The number of esters is 3. The molecule has 0 amide bonds. The van der Waals surface area contributed by atoms with Crippen LogP contribution in [0.15, 0.2) is 72.9 Å². The van der Waals surface area contributed by atoms with Crippen molar-refractivity contribution < 1.29 is 28.6 Å². The molecule has 0 saturated heterocycles. The predicted octanol–water partition coefficient (Wildman–Crippen LogP) is 23.7. The van der Waals surface area contributed by atoms with Gasteiger partial charge in [0.05, 0.1) is 6.42 Å². The third-order valence-electron chi connectivity index (χ3n) is 15.2. The molecule has 0 radical (unpaired) electrons. The van der Waals surface area contributed by atoms with Gasteiger partial charge in [-0.15, -0.1) is 0 Å². The minimum absolute atomic E-state index is 0.0975. The lowest BCUT2D eigenvalue weighted by Gasteiger charge is -2.18. The lowest BCUT2D eigenvalue weighted by Crippen LogP contribution is -2.30. The van der Waals surface area contributed by atoms with Gasteiger partial charge in [0.15, 0.2) is 6.10 Å². The van der Waals surface area contributed by atoms with Crippen LogP contribution in [-0.2, 0) is 28.6 Å². The fraction of sp³-hybridized carbons (Fsp3) is 0.795. The smallest absolute Gasteiger partial charge is 0.310 e. The number of rotatable bonds is 63. The predicted molar refractivity (Wildman–Crippen MR) is 344 cm³/mol. The van der Waals surface area contributed by atoms with E-state index in [1.165, 1.54) is 231 Å². The molecule has 458 valence electrons. The first-order valence-corrected chi connectivity index (χ1v) is 34.4. The molecular weight excluding hydrogens is 973 g/mol. The Labute approximate surface area is 491 Å². The van der Waals surface area contributed by atoms with Crippen LogP contribution in [0, 0.1) is 0 Å². The summed E-state index contributed by atoms with van der Waals surface area (Å²) in [4.78, 5) is 38.2. The molecule has 0 aromatic heterocycles. The Balaban J connectivity index is 4.10. The van der Waals surface area contributed by atoms with Gasteiger partial charge in [-0.3, -0.25) is 14.4 Å². The Morgan fingerprint density at radius 3 is 0.848 bits per heavy atom. The third-order valence-corrected chi connectivity index (χ3v) is 15.2. The van der Waals surface area contributed by atoms with Gasteiger partial charge in [-0.2, -0.15) is 0 Å². The van der Waals surface area contributed by atoms with Crippen LogP contribution in [0.5, 0.6) is 0 Å². The van der Waals surface area contributed by atoms with Crippen molar-refractivity contribution in [2.45, 2.75) is 361 Å². The number of ether oxygens (including phenoxy) is 3. The Kier molecular flexibility index (Phi) is 64.7. The molecule has 0 N–H and O–H groups in total. The van der Waals surface area contributed by atoms with Crippen molar-refractivity contribution in [1.29, 1.82) is 0 Å². The summed E-state index contributed by atoms with van der Waals surface area (Å²) < 4.78 is 16.8. The maximum absolute atomic E-state index is 12.8. The average Bonchev–Trinajstić information content (AvgIpc) is 3.45. The fourth-order valence-corrected chi connectivity index (χ4v) is 10.1. The van der Waals surface area contributed by atoms with Crippen molar-refractivity contribution >= 4 is 17.9 Å². The second-order valence-corrected chi connectivity index (χ2v) is 23.1. The molecule has 0 aromatic rings. The van der Waals surface area contributed by atoms with Gasteiger partial charge in [0.2, 0.25) is 0 Å². The second-order valence-electron chi connectivity index (χ2n) is 23.1. The average molecular weight is 1100 g/mol. The second kappa shape index (κ2) is 67.4. The molecular formula is C73H130O6. The quantitative estimate of drug-likeness (QED) is 0.0261. The summed E-state index contributed by atoms with van der Waals surface area (Å²) in [6, 6.07) is 0. The molecule has 1 atom stereocenters. The lowest BCUT2D eigenvalue weighted by atomic mass is 10.0. The van der Waals surface area contributed by atoms with Crippen molar-refractivity contribution in [3.8, 4) is 0 Å². The van der Waals surface area contributed by atoms with Gasteiger partial charge in [-0.05, 0) is 70.6 Å². The zero-order valence-electron chi connectivity index (χ0n) is 52.6. The van der Waals surface area contributed by atoms with Crippen molar-refractivity contribution in [1.82, 2.24) is 0 Å². The largest absolute Gasteiger partial charge is 0.462 e. The highest BCUT2D eigenvalue weighted by Gasteiger charge is 2.19. The van der Waals surface area contributed by atoms with E-state index in [2.05, 4.69) is 81.5 Å². The summed E-state index contributed by atoms with van der Waals surface area (Å²) in [5, 5.41) is 0. The third kappa shape index (κ3) is 65.5. The van der Waals surface area contributed by atoms with Gasteiger partial charge < -0.3 is 14.2 Å². The van der Waals surface area contributed by atoms with Gasteiger partial charge >= 0.3 is 17.9 Å². The molecule has 0 heterocycles. The molecule has 0 aliphatic rings. The SMILES string of the molecule is CC/C=C\C/C=C\C/C=C\C/C=C\C/C=C\CC(=O)OC(COC(=O)CCCCCCC/C=C\CCCCC)COC(=O)CCCCCCCCCCCCCCCCCCCCCCCCCCCCCCCCCCCC. The van der Waals surface area contributed by atoms with Gasteiger partial charge in [0.1, 0.15) is 13.2 Å². The highest BCUT2D eigenvalue weighted by Crippen LogP contribution is 2.18. The highest BCUT2D eigenvalue weighted by molar-refractivity contribution is 5.72. The first kappa shape index (κ1) is 75.8. The number of unbranched alkanes of at least 4 members (excludes halogenated alkanes) is 41. The number of hydrogen-bond acceptors (Lipinski definition) is 6. The number of hydrogen-bond donors (Lipinski definition) is 0. The number of carbonyl (C=O) groups is 3. The topological polar surface area (TPSA) is 78.9 Å². The fourth-order valence-electron chi connectivity index (χ4n) is 10.1. The van der Waals surface area contributed by atoms with E-state index in [-0.39, 0.29) is 31.6 Å². The Bertz CT molecular complexity index is 1450. The first-order valence-electron chi connectivity index (χ1n) is 34.4. The van der Waals surface area contributed by atoms with Crippen molar-refractivity contribution in [3.63, 3.8) is 0 Å². The molecule has 0 saturated carbocycles. The maximum Gasteiger partial charge on any atom is 0.310 e. The summed E-state index contributed by atoms with van der Waals surface area (Å²) in [5.74, 6) is -1.04. The summed E-state index contributed by atoms with van der Waals surface area (Å²) in [5.41, 5.74) is 0. The van der Waals surface area contributed by atoms with Crippen molar-refractivity contribution in [3.05, 3.63) is 72.9 Å². The maximum atomic E-state index is 12.8. The van der Waals surface area contributed by atoms with E-state index in [9.17, 15) is 14.4 Å². The van der Waals surface area contributed by atoms with Crippen LogP contribution in [0.1, 0.15) is 355 Å². The van der Waals surface area contributed by atoms with Crippen LogP contribution in [0.25, 0.3) is 0 Å². The van der Waals surface area contributed by atoms with Gasteiger partial charge in [-0.1, -0.05) is 338 Å². The van der Waals surface area contributed by atoms with Crippen LogP contribution >= 0.6 is 0 Å². The van der Waals surface area contributed by atoms with Crippen LogP contribution in [-0.4, -0.2) is 37.2 Å². The summed E-state index contributed by atoms with van der Waals surface area (Å²) in [7, 11) is 0. The van der Waals surface area contributed by atoms with E-state index >= 15 is 0 Å². The summed E-state index contributed by atoms with van der Waals surface area (Å²) in [6.45, 7) is 6.45. The van der Waals surface area contributed by atoms with Crippen LogP contribution in [0.4, 0.5) is 0 Å². The number of carbonyl (C=O) groups excluding carboxylic acids is 3. The summed E-state index contributed by atoms with van der Waals surface area (Å²) >= 11 is 0. The van der Waals surface area contributed by atoms with Crippen LogP contribution in [0.3, 0.4) is 0 Å². The molecule has 6 nitrogen and oxygen atoms in total. The van der Waals surface area contributed by atoms with E-state index in [1.54, 1.807) is 6.08 Å². The monoisotopic (exact) mass is 1100 g/mol. The van der Waals surface area contributed by atoms with Crippen LogP contribution in [0.2, 0.25) is 0 Å². The van der Waals surface area contributed by atoms with Crippen LogP contribution < -0.4 is 0 Å². The molecule has 0 bridgehead atoms. The van der Waals surface area contributed by atoms with E-state index in [1.807, 2.05) is 6.08 Å². The van der Waals surface area contributed by atoms with Crippen molar-refractivity contribution in [2.75, 3.05) is 13.2 Å². The van der Waals surface area contributed by atoms with Gasteiger partial charge in [-0.25, -0.2) is 0 Å². The first-order chi connectivity index (χ1) is 39.0. The summed E-state index contributed by atoms with van der Waals surface area (Å²) in [6.07, 6.45) is 88.5. The molecule has 0 aliphatic carbocycles. The standard InChI is InChI=1S/C73H130O6/c1-4-7-10-13-16-19-22-25-27-28-29-30-31-32-33-34-35-36-37-38-39-40-41-42-43-44-45-47-48-51-54-57-60-63-66-72(75)78-69-70(68-77-71(74)65-62-59-56-53-50-24-21-18-15-12-9-6-3)79-73(76)67-64-61-58-55-52-49-46-26-23-20-17-14-11-8-5-2/h8,11,17-18,20-21,26,46,52,55,61,64,70H,4-7,9-10,12-16,19,22-25,27-45,47-51,53-54,56-60,62-63,65-69H2,1-3H3/b11-8-,20-17-,21-18-,46-26-,55-52-,64-61-. The molecule has 79 heavy (non-hydrogen) atoms. The highest BCUT2D eigenvalue weighted by atomic mass is 16.6. The Hall–Kier alpha value is -3.15. The van der Waals surface area contributed by atoms with E-state index in [4.69, 9.17) is 14.2 Å². The zero-order valence-corrected chi connectivity index (χ0v) is 52.6. The Morgan fingerprint density at radius 2 is 0.532 bits per heavy atom. The molecule has 0 fully saturated rings. The van der Waals surface area contributed by atoms with E-state index in [0.29, 0.717) is 12.8 Å². The molecule has 0 aliphatic heterocycles. The Morgan fingerprint density at radius 1 is 0.278 bits per heavy atom. The minimum atomic E-state index is -0.832. The number of allylic oxidation sites excluding steroid dienone is 11. The lowest BCUT2D eigenvalue weighted by molar-refractivity contribution is -0.166.